The van der Waals surface area contributed by atoms with Crippen molar-refractivity contribution < 1.29 is 5.11 Å². The van der Waals surface area contributed by atoms with E-state index in [4.69, 9.17) is 0 Å². The smallest absolute Gasteiger partial charge is 0.0676 e. The summed E-state index contributed by atoms with van der Waals surface area (Å²) in [6.45, 7) is 7.02. The van der Waals surface area contributed by atoms with Gasteiger partial charge < -0.3 is 5.11 Å². The van der Waals surface area contributed by atoms with E-state index in [2.05, 4.69) is 20.8 Å². The molecular formula is C14H26O. The molecule has 0 heterocycles. The Bertz CT molecular complexity index is 214. The molecule has 2 saturated carbocycles. The minimum Gasteiger partial charge on any atom is -0.390 e. The van der Waals surface area contributed by atoms with Crippen LogP contribution in [0.4, 0.5) is 0 Å². The zero-order valence-electron chi connectivity index (χ0n) is 10.6. The van der Waals surface area contributed by atoms with Crippen molar-refractivity contribution in [3.05, 3.63) is 0 Å². The van der Waals surface area contributed by atoms with Crippen LogP contribution < -0.4 is 0 Å². The summed E-state index contributed by atoms with van der Waals surface area (Å²) in [7, 11) is 0. The lowest BCUT2D eigenvalue weighted by molar-refractivity contribution is -0.0932. The van der Waals surface area contributed by atoms with E-state index in [-0.39, 0.29) is 5.60 Å². The average molecular weight is 210 g/mol. The lowest BCUT2D eigenvalue weighted by atomic mass is 9.61. The topological polar surface area (TPSA) is 20.2 Å². The molecule has 2 aliphatic rings. The minimum absolute atomic E-state index is 0.278. The van der Waals surface area contributed by atoms with Crippen molar-refractivity contribution >= 4 is 0 Å². The molecule has 0 aromatic rings. The lowest BCUT2D eigenvalue weighted by Crippen LogP contribution is -2.45. The van der Waals surface area contributed by atoms with Crippen molar-refractivity contribution in [2.24, 2.45) is 17.3 Å². The van der Waals surface area contributed by atoms with Crippen LogP contribution in [0.25, 0.3) is 0 Å². The van der Waals surface area contributed by atoms with Gasteiger partial charge in [-0.2, -0.15) is 0 Å². The second-order valence-electron chi connectivity index (χ2n) is 6.87. The molecule has 0 atom stereocenters. The van der Waals surface area contributed by atoms with Gasteiger partial charge in [-0.3, -0.25) is 0 Å². The van der Waals surface area contributed by atoms with Gasteiger partial charge >= 0.3 is 0 Å². The maximum atomic E-state index is 10.6. The van der Waals surface area contributed by atoms with Gasteiger partial charge in [0.2, 0.25) is 0 Å². The van der Waals surface area contributed by atoms with Crippen LogP contribution in [-0.2, 0) is 0 Å². The predicted octanol–water partition coefficient (Wildman–Crippen LogP) is 3.75. The normalized spacial score (nSPS) is 38.8. The Balaban J connectivity index is 1.91. The van der Waals surface area contributed by atoms with Crippen molar-refractivity contribution in [3.8, 4) is 0 Å². The van der Waals surface area contributed by atoms with Crippen molar-refractivity contribution in [1.29, 1.82) is 0 Å². The summed E-state index contributed by atoms with van der Waals surface area (Å²) in [6.07, 6.45) is 8.47. The van der Waals surface area contributed by atoms with Crippen LogP contribution in [0.1, 0.15) is 65.7 Å². The van der Waals surface area contributed by atoms with E-state index in [1.165, 1.54) is 32.1 Å². The number of hydrogen-bond donors (Lipinski definition) is 1. The fourth-order valence-electron chi connectivity index (χ4n) is 3.34. The van der Waals surface area contributed by atoms with Crippen LogP contribution in [0.3, 0.4) is 0 Å². The second-order valence-corrected chi connectivity index (χ2v) is 6.87. The Hall–Kier alpha value is -0.0400. The largest absolute Gasteiger partial charge is 0.390 e. The summed E-state index contributed by atoms with van der Waals surface area (Å²) < 4.78 is 0. The molecule has 0 aromatic carbocycles. The van der Waals surface area contributed by atoms with Crippen LogP contribution in [0.2, 0.25) is 0 Å². The molecule has 0 aliphatic heterocycles. The van der Waals surface area contributed by atoms with Gasteiger partial charge in [-0.05, 0) is 55.8 Å². The molecule has 0 spiro atoms. The maximum Gasteiger partial charge on any atom is 0.0676 e. The summed E-state index contributed by atoms with van der Waals surface area (Å²) >= 11 is 0. The van der Waals surface area contributed by atoms with E-state index in [0.29, 0.717) is 11.3 Å². The fraction of sp³-hybridized carbons (Fsp3) is 1.00. The molecule has 0 bridgehead atoms. The molecule has 1 heteroatoms. The second kappa shape index (κ2) is 3.76. The Morgan fingerprint density at radius 1 is 1.00 bits per heavy atom. The van der Waals surface area contributed by atoms with Crippen molar-refractivity contribution in [3.63, 3.8) is 0 Å². The average Bonchev–Trinajstić information content (AvgIpc) is 1.98. The van der Waals surface area contributed by atoms with Gasteiger partial charge in [0.05, 0.1) is 5.60 Å². The minimum atomic E-state index is -0.278. The molecule has 0 amide bonds. The highest BCUT2D eigenvalue weighted by atomic mass is 16.3. The highest BCUT2D eigenvalue weighted by Crippen LogP contribution is 2.48. The Morgan fingerprint density at radius 2 is 1.53 bits per heavy atom. The van der Waals surface area contributed by atoms with E-state index in [0.717, 1.165) is 18.8 Å². The summed E-state index contributed by atoms with van der Waals surface area (Å²) in [6, 6.07) is 0. The van der Waals surface area contributed by atoms with E-state index in [1.54, 1.807) is 0 Å². The lowest BCUT2D eigenvalue weighted by Gasteiger charge is -2.47. The molecule has 0 unspecified atom stereocenters. The first-order chi connectivity index (χ1) is 6.92. The first kappa shape index (κ1) is 11.4. The van der Waals surface area contributed by atoms with Crippen molar-refractivity contribution in [1.82, 2.24) is 0 Å². The number of aliphatic hydroxyl groups is 1. The zero-order valence-corrected chi connectivity index (χ0v) is 10.6. The monoisotopic (exact) mass is 210 g/mol. The SMILES string of the molecule is CC(C)(C)C1CCC(O)(C2CCC2)CC1. The zero-order chi connectivity index (χ0) is 11.1. The van der Waals surface area contributed by atoms with Crippen LogP contribution >= 0.6 is 0 Å². The number of rotatable bonds is 1. The molecule has 2 rings (SSSR count). The molecule has 2 fully saturated rings. The van der Waals surface area contributed by atoms with Crippen LogP contribution in [0, 0.1) is 17.3 Å². The maximum absolute atomic E-state index is 10.6. The molecular weight excluding hydrogens is 184 g/mol. The molecule has 0 saturated heterocycles. The van der Waals surface area contributed by atoms with Gasteiger partial charge in [-0.1, -0.05) is 27.2 Å². The summed E-state index contributed by atoms with van der Waals surface area (Å²) in [5.74, 6) is 1.45. The third-order valence-electron chi connectivity index (χ3n) is 4.94. The molecule has 0 radical (unpaired) electrons. The standard InChI is InChI=1S/C14H26O/c1-13(2,3)11-7-9-14(15,10-8-11)12-5-4-6-12/h11-12,15H,4-10H2,1-3H3. The molecule has 88 valence electrons. The van der Waals surface area contributed by atoms with Gasteiger partial charge in [-0.15, -0.1) is 0 Å². The van der Waals surface area contributed by atoms with Crippen molar-refractivity contribution in [2.45, 2.75) is 71.3 Å². The van der Waals surface area contributed by atoms with Crippen molar-refractivity contribution in [2.75, 3.05) is 0 Å². The van der Waals surface area contributed by atoms with E-state index in [1.807, 2.05) is 0 Å². The molecule has 1 N–H and O–H groups in total. The van der Waals surface area contributed by atoms with Gasteiger partial charge in [0.25, 0.3) is 0 Å². The summed E-state index contributed by atoms with van der Waals surface area (Å²) in [5.41, 5.74) is 0.154. The molecule has 1 nitrogen and oxygen atoms in total. The summed E-state index contributed by atoms with van der Waals surface area (Å²) in [4.78, 5) is 0. The van der Waals surface area contributed by atoms with Crippen LogP contribution in [-0.4, -0.2) is 10.7 Å². The van der Waals surface area contributed by atoms with Gasteiger partial charge in [0.1, 0.15) is 0 Å². The highest BCUT2D eigenvalue weighted by Gasteiger charge is 2.44. The predicted molar refractivity (Wildman–Crippen MR) is 63.7 cm³/mol. The number of hydrogen-bond acceptors (Lipinski definition) is 1. The molecule has 2 aliphatic carbocycles. The van der Waals surface area contributed by atoms with Gasteiger partial charge in [-0.25, -0.2) is 0 Å². The highest BCUT2D eigenvalue weighted by molar-refractivity contribution is 4.96. The Labute approximate surface area is 94.3 Å². The third kappa shape index (κ3) is 2.22. The Morgan fingerprint density at radius 3 is 1.87 bits per heavy atom. The quantitative estimate of drug-likeness (QED) is 0.699. The van der Waals surface area contributed by atoms with Gasteiger partial charge in [0, 0.05) is 0 Å². The Kier molecular flexibility index (Phi) is 2.87. The summed E-state index contributed by atoms with van der Waals surface area (Å²) in [5, 5.41) is 10.6. The first-order valence-electron chi connectivity index (χ1n) is 6.64. The van der Waals surface area contributed by atoms with E-state index >= 15 is 0 Å². The van der Waals surface area contributed by atoms with Gasteiger partial charge in [0.15, 0.2) is 0 Å². The van der Waals surface area contributed by atoms with E-state index < -0.39 is 0 Å². The fourth-order valence-corrected chi connectivity index (χ4v) is 3.34. The molecule has 0 aromatic heterocycles. The van der Waals surface area contributed by atoms with E-state index in [9.17, 15) is 5.11 Å². The first-order valence-corrected chi connectivity index (χ1v) is 6.64. The molecule has 15 heavy (non-hydrogen) atoms. The third-order valence-corrected chi connectivity index (χ3v) is 4.94. The van der Waals surface area contributed by atoms with Crippen LogP contribution in [0.15, 0.2) is 0 Å². The van der Waals surface area contributed by atoms with Crippen LogP contribution in [0.5, 0.6) is 0 Å².